The Labute approximate surface area is 139 Å². The van der Waals surface area contributed by atoms with Crippen molar-refractivity contribution in [1.82, 2.24) is 4.90 Å². The zero-order valence-corrected chi connectivity index (χ0v) is 11.4. The first-order chi connectivity index (χ1) is 9.86. The van der Waals surface area contributed by atoms with Gasteiger partial charge in [0.2, 0.25) is 0 Å². The predicted octanol–water partition coefficient (Wildman–Crippen LogP) is 1.65. The third kappa shape index (κ3) is 5.23. The zero-order valence-electron chi connectivity index (χ0n) is 11.4. The van der Waals surface area contributed by atoms with E-state index in [-0.39, 0.29) is 25.3 Å². The summed E-state index contributed by atoms with van der Waals surface area (Å²) in [6, 6.07) is 5.14. The molecule has 1 heterocycles. The molecule has 0 radical (unpaired) electrons. The summed E-state index contributed by atoms with van der Waals surface area (Å²) in [5.41, 5.74) is 0.118. The van der Waals surface area contributed by atoms with Gasteiger partial charge in [-0.15, -0.1) is 0 Å². The van der Waals surface area contributed by atoms with Crippen molar-refractivity contribution in [2.24, 2.45) is 0 Å². The molecular formula is C14H18F3LiN2O2. The number of hydrogen-bond donors (Lipinski definition) is 1. The molecule has 22 heavy (non-hydrogen) atoms. The van der Waals surface area contributed by atoms with Gasteiger partial charge in [-0.25, -0.2) is 0 Å². The van der Waals surface area contributed by atoms with Gasteiger partial charge in [-0.1, -0.05) is 0 Å². The number of carboxylic acid groups (broad SMARTS) is 1. The average Bonchev–Trinajstić information content (AvgIpc) is 2.45. The summed E-state index contributed by atoms with van der Waals surface area (Å²) < 4.78 is 37.5. The van der Waals surface area contributed by atoms with E-state index < -0.39 is 17.7 Å². The fourth-order valence-corrected chi connectivity index (χ4v) is 2.34. The van der Waals surface area contributed by atoms with Crippen LogP contribution in [-0.4, -0.2) is 67.6 Å². The van der Waals surface area contributed by atoms with Crippen molar-refractivity contribution in [2.45, 2.75) is 12.6 Å². The number of aliphatic carboxylic acids is 1. The number of halogens is 3. The second kappa shape index (κ2) is 7.91. The Morgan fingerprint density at radius 1 is 1.09 bits per heavy atom. The van der Waals surface area contributed by atoms with Gasteiger partial charge in [0.1, 0.15) is 0 Å². The van der Waals surface area contributed by atoms with Crippen molar-refractivity contribution in [3.8, 4) is 0 Å². The molecule has 1 saturated heterocycles. The number of alkyl halides is 3. The maximum absolute atomic E-state index is 12.5. The molecule has 0 spiro atoms. The summed E-state index contributed by atoms with van der Waals surface area (Å²) in [6.45, 7) is 3.31. The fourth-order valence-electron chi connectivity index (χ4n) is 2.34. The first-order valence-corrected chi connectivity index (χ1v) is 6.72. The van der Waals surface area contributed by atoms with Crippen LogP contribution in [0, 0.1) is 0 Å². The van der Waals surface area contributed by atoms with E-state index in [4.69, 9.17) is 5.11 Å². The number of benzene rings is 1. The van der Waals surface area contributed by atoms with Crippen LogP contribution in [0.2, 0.25) is 0 Å². The zero-order chi connectivity index (χ0) is 15.5. The van der Waals surface area contributed by atoms with Crippen molar-refractivity contribution in [1.29, 1.82) is 0 Å². The first kappa shape index (κ1) is 18.9. The van der Waals surface area contributed by atoms with Gasteiger partial charge in [0.05, 0.1) is 12.0 Å². The SMILES string of the molecule is O=C(O)CCN1CCN(c2ccc(C(F)(F)F)cc2)CC1.[LiH]. The second-order valence-corrected chi connectivity index (χ2v) is 5.02. The van der Waals surface area contributed by atoms with E-state index >= 15 is 0 Å². The molecule has 0 unspecified atom stereocenters. The Morgan fingerprint density at radius 2 is 1.64 bits per heavy atom. The molecular weight excluding hydrogens is 292 g/mol. The van der Waals surface area contributed by atoms with E-state index in [0.717, 1.165) is 17.8 Å². The molecule has 8 heteroatoms. The van der Waals surface area contributed by atoms with Crippen LogP contribution in [0.3, 0.4) is 0 Å². The molecule has 0 aromatic heterocycles. The van der Waals surface area contributed by atoms with Crippen molar-refractivity contribution in [3.63, 3.8) is 0 Å². The van der Waals surface area contributed by atoms with Crippen molar-refractivity contribution < 1.29 is 23.1 Å². The van der Waals surface area contributed by atoms with Crippen molar-refractivity contribution in [3.05, 3.63) is 29.8 Å². The van der Waals surface area contributed by atoms with E-state index in [2.05, 4.69) is 4.90 Å². The molecule has 1 fully saturated rings. The Hall–Kier alpha value is -1.16. The summed E-state index contributed by atoms with van der Waals surface area (Å²) >= 11 is 0. The minimum atomic E-state index is -4.31. The van der Waals surface area contributed by atoms with Gasteiger partial charge in [0.15, 0.2) is 0 Å². The molecule has 2 rings (SSSR count). The molecule has 1 aromatic rings. The van der Waals surface area contributed by atoms with Gasteiger partial charge < -0.3 is 10.0 Å². The Bertz CT molecular complexity index is 486. The van der Waals surface area contributed by atoms with Gasteiger partial charge >= 0.3 is 31.0 Å². The third-order valence-corrected chi connectivity index (χ3v) is 3.57. The van der Waals surface area contributed by atoms with E-state index in [1.165, 1.54) is 12.1 Å². The molecule has 4 nitrogen and oxygen atoms in total. The average molecular weight is 310 g/mol. The molecule has 1 aliphatic heterocycles. The predicted molar refractivity (Wildman–Crippen MR) is 79.5 cm³/mol. The van der Waals surface area contributed by atoms with Gasteiger partial charge in [0, 0.05) is 38.4 Å². The molecule has 0 bridgehead atoms. The molecule has 1 aromatic carbocycles. The second-order valence-electron chi connectivity index (χ2n) is 5.02. The van der Waals surface area contributed by atoms with Gasteiger partial charge in [-0.05, 0) is 24.3 Å². The van der Waals surface area contributed by atoms with Crippen LogP contribution in [0.5, 0.6) is 0 Å². The molecule has 0 amide bonds. The summed E-state index contributed by atoms with van der Waals surface area (Å²) in [7, 11) is 0. The molecule has 0 aliphatic carbocycles. The Balaban J connectivity index is 0.00000242. The quantitative estimate of drug-likeness (QED) is 0.859. The van der Waals surface area contributed by atoms with E-state index in [1.807, 2.05) is 4.90 Å². The normalized spacial score (nSPS) is 16.2. The number of carboxylic acids is 1. The molecule has 0 atom stereocenters. The number of carbonyl (C=O) groups is 1. The van der Waals surface area contributed by atoms with Crippen LogP contribution < -0.4 is 4.90 Å². The Morgan fingerprint density at radius 3 is 2.09 bits per heavy atom. The van der Waals surface area contributed by atoms with Crippen LogP contribution in [-0.2, 0) is 11.0 Å². The van der Waals surface area contributed by atoms with E-state index in [9.17, 15) is 18.0 Å². The number of piperazine rings is 1. The number of hydrogen-bond acceptors (Lipinski definition) is 3. The van der Waals surface area contributed by atoms with Crippen LogP contribution >= 0.6 is 0 Å². The van der Waals surface area contributed by atoms with Gasteiger partial charge in [0.25, 0.3) is 0 Å². The number of nitrogens with zero attached hydrogens (tertiary/aromatic N) is 2. The Kier molecular flexibility index (Phi) is 6.79. The summed E-state index contributed by atoms with van der Waals surface area (Å²) in [6.07, 6.45) is -4.20. The van der Waals surface area contributed by atoms with Crippen molar-refractivity contribution >= 4 is 30.5 Å². The maximum atomic E-state index is 12.5. The van der Waals surface area contributed by atoms with Crippen LogP contribution in [0.4, 0.5) is 18.9 Å². The van der Waals surface area contributed by atoms with Gasteiger partial charge in [-0.2, -0.15) is 13.2 Å². The molecule has 118 valence electrons. The standard InChI is InChI=1S/C14H17F3N2O2.Li.H/c15-14(16,17)11-1-3-12(4-2-11)19-9-7-18(8-10-19)6-5-13(20)21;;/h1-4H,5-10H2,(H,20,21);;. The summed E-state index contributed by atoms with van der Waals surface area (Å²) in [5, 5.41) is 8.64. The molecule has 1 aliphatic rings. The van der Waals surface area contributed by atoms with Crippen LogP contribution in [0.15, 0.2) is 24.3 Å². The third-order valence-electron chi connectivity index (χ3n) is 3.57. The monoisotopic (exact) mass is 310 g/mol. The van der Waals surface area contributed by atoms with E-state index in [1.54, 1.807) is 0 Å². The van der Waals surface area contributed by atoms with Crippen LogP contribution in [0.25, 0.3) is 0 Å². The van der Waals surface area contributed by atoms with Crippen molar-refractivity contribution in [2.75, 3.05) is 37.6 Å². The summed E-state index contributed by atoms with van der Waals surface area (Å²) in [5.74, 6) is -0.819. The molecule has 1 N–H and O–H groups in total. The fraction of sp³-hybridized carbons (Fsp3) is 0.500. The topological polar surface area (TPSA) is 43.8 Å². The number of anilines is 1. The first-order valence-electron chi connectivity index (χ1n) is 6.72. The minimum absolute atomic E-state index is 0. The van der Waals surface area contributed by atoms with E-state index in [0.29, 0.717) is 32.7 Å². The van der Waals surface area contributed by atoms with Gasteiger partial charge in [-0.3, -0.25) is 9.69 Å². The summed E-state index contributed by atoms with van der Waals surface area (Å²) in [4.78, 5) is 14.6. The number of rotatable bonds is 4. The molecule has 0 saturated carbocycles. The van der Waals surface area contributed by atoms with Crippen LogP contribution in [0.1, 0.15) is 12.0 Å².